The molecule has 1 aromatic rings. The zero-order valence-corrected chi connectivity index (χ0v) is 12.2. The standard InChI is InChI=1S/C12H12F2N4O6/c1-24-9(19)6-2-3-7(18(22)23)8(16-6)17-4-11(21,5-17)12(13,14)10(15)20/h2-3,21H,4-5H2,1H3,(H2,15,20). The Hall–Kier alpha value is -2.89. The highest BCUT2D eigenvalue weighted by Gasteiger charge is 2.64. The summed E-state index contributed by atoms with van der Waals surface area (Å²) in [5.41, 5.74) is 0.930. The van der Waals surface area contributed by atoms with Crippen molar-refractivity contribution in [2.45, 2.75) is 11.5 Å². The number of amides is 1. The molecule has 24 heavy (non-hydrogen) atoms. The number of rotatable bonds is 5. The predicted molar refractivity (Wildman–Crippen MR) is 73.5 cm³/mol. The maximum atomic E-state index is 13.6. The van der Waals surface area contributed by atoms with Gasteiger partial charge >= 0.3 is 17.6 Å². The molecule has 2 rings (SSSR count). The summed E-state index contributed by atoms with van der Waals surface area (Å²) in [5, 5.41) is 20.8. The van der Waals surface area contributed by atoms with E-state index in [1.54, 1.807) is 0 Å². The van der Waals surface area contributed by atoms with Gasteiger partial charge in [-0.25, -0.2) is 9.78 Å². The summed E-state index contributed by atoms with van der Waals surface area (Å²) >= 11 is 0. The van der Waals surface area contributed by atoms with Crippen LogP contribution in [0.25, 0.3) is 0 Å². The molecule has 0 saturated carbocycles. The number of hydrogen-bond acceptors (Lipinski definition) is 8. The van der Waals surface area contributed by atoms with Crippen LogP contribution < -0.4 is 10.6 Å². The van der Waals surface area contributed by atoms with Gasteiger partial charge in [0.05, 0.1) is 25.1 Å². The van der Waals surface area contributed by atoms with E-state index in [1.165, 1.54) is 0 Å². The number of carbonyl (C=O) groups is 2. The molecule has 1 aliphatic heterocycles. The highest BCUT2D eigenvalue weighted by molar-refractivity contribution is 5.88. The number of ether oxygens (including phenoxy) is 1. The number of anilines is 1. The van der Waals surface area contributed by atoms with Crippen molar-refractivity contribution < 1.29 is 33.1 Å². The fourth-order valence-corrected chi connectivity index (χ4v) is 2.20. The van der Waals surface area contributed by atoms with Gasteiger partial charge in [0.15, 0.2) is 11.3 Å². The monoisotopic (exact) mass is 346 g/mol. The lowest BCUT2D eigenvalue weighted by atomic mass is 9.86. The van der Waals surface area contributed by atoms with Crippen LogP contribution in [0.1, 0.15) is 10.5 Å². The van der Waals surface area contributed by atoms with Gasteiger partial charge in [0.1, 0.15) is 0 Å². The quantitative estimate of drug-likeness (QED) is 0.410. The summed E-state index contributed by atoms with van der Waals surface area (Å²) in [6, 6.07) is 2.00. The fourth-order valence-electron chi connectivity index (χ4n) is 2.20. The summed E-state index contributed by atoms with van der Waals surface area (Å²) in [4.78, 5) is 37.1. The molecule has 10 nitrogen and oxygen atoms in total. The number of β-amino-alcohol motifs (C(OH)–C–C–N with tert-alkyl or cyclic N) is 1. The molecule has 0 radical (unpaired) electrons. The topological polar surface area (TPSA) is 149 Å². The number of primary amides is 1. The second-order valence-electron chi connectivity index (χ2n) is 5.11. The van der Waals surface area contributed by atoms with Crippen molar-refractivity contribution in [3.63, 3.8) is 0 Å². The average Bonchev–Trinajstić information content (AvgIpc) is 2.49. The van der Waals surface area contributed by atoms with Gasteiger partial charge in [-0.3, -0.25) is 14.9 Å². The first-order valence-corrected chi connectivity index (χ1v) is 6.42. The number of nitrogens with zero attached hydrogens (tertiary/aromatic N) is 3. The number of aliphatic hydroxyl groups is 1. The Labute approximate surface area is 133 Å². The van der Waals surface area contributed by atoms with Crippen molar-refractivity contribution in [2.24, 2.45) is 5.73 Å². The zero-order chi connectivity index (χ0) is 18.3. The minimum absolute atomic E-state index is 0.282. The number of nitrogens with two attached hydrogens (primary N) is 1. The molecule has 130 valence electrons. The van der Waals surface area contributed by atoms with Crippen LogP contribution in [0, 0.1) is 10.1 Å². The molecule has 0 unspecified atom stereocenters. The van der Waals surface area contributed by atoms with E-state index in [9.17, 15) is 33.6 Å². The van der Waals surface area contributed by atoms with Gasteiger partial charge in [-0.05, 0) is 6.07 Å². The van der Waals surface area contributed by atoms with Gasteiger partial charge in [-0.15, -0.1) is 0 Å². The van der Waals surface area contributed by atoms with Gasteiger partial charge in [-0.2, -0.15) is 8.78 Å². The SMILES string of the molecule is COC(=O)c1ccc([N+](=O)[O-])c(N2CC(O)(C(F)(F)C(N)=O)C2)n1. The molecule has 0 aliphatic carbocycles. The molecule has 1 aliphatic rings. The first-order valence-electron chi connectivity index (χ1n) is 6.42. The molecular formula is C12H12F2N4O6. The third-order valence-corrected chi connectivity index (χ3v) is 3.54. The number of halogens is 2. The van der Waals surface area contributed by atoms with E-state index in [4.69, 9.17) is 0 Å². The Kier molecular flexibility index (Phi) is 4.10. The number of esters is 1. The number of methoxy groups -OCH3 is 1. The molecule has 0 bridgehead atoms. The van der Waals surface area contributed by atoms with Gasteiger partial charge in [-0.1, -0.05) is 0 Å². The average molecular weight is 346 g/mol. The van der Waals surface area contributed by atoms with Crippen LogP contribution in [0.5, 0.6) is 0 Å². The minimum atomic E-state index is -4.22. The molecule has 1 fully saturated rings. The molecule has 1 saturated heterocycles. The van der Waals surface area contributed by atoms with E-state index in [-0.39, 0.29) is 5.69 Å². The largest absolute Gasteiger partial charge is 0.464 e. The normalized spacial score (nSPS) is 16.2. The van der Waals surface area contributed by atoms with Crippen molar-refractivity contribution in [1.82, 2.24) is 4.98 Å². The zero-order valence-electron chi connectivity index (χ0n) is 12.2. The van der Waals surface area contributed by atoms with Crippen molar-refractivity contribution >= 4 is 23.4 Å². The van der Waals surface area contributed by atoms with Crippen molar-refractivity contribution in [2.75, 3.05) is 25.1 Å². The summed E-state index contributed by atoms with van der Waals surface area (Å²) in [5.74, 6) is -7.54. The van der Waals surface area contributed by atoms with E-state index in [1.807, 2.05) is 0 Å². The van der Waals surface area contributed by atoms with E-state index in [0.29, 0.717) is 0 Å². The molecular weight excluding hydrogens is 334 g/mol. The van der Waals surface area contributed by atoms with Crippen LogP contribution in [0.15, 0.2) is 12.1 Å². The molecule has 2 heterocycles. The van der Waals surface area contributed by atoms with Gasteiger partial charge in [0, 0.05) is 6.07 Å². The molecule has 1 amide bonds. The summed E-state index contributed by atoms with van der Waals surface area (Å²) in [6.07, 6.45) is 0. The van der Waals surface area contributed by atoms with Crippen LogP contribution in [0.2, 0.25) is 0 Å². The summed E-state index contributed by atoms with van der Waals surface area (Å²) in [7, 11) is 1.07. The van der Waals surface area contributed by atoms with E-state index in [2.05, 4.69) is 15.5 Å². The Morgan fingerprint density at radius 1 is 1.50 bits per heavy atom. The molecule has 1 aromatic heterocycles. The summed E-state index contributed by atoms with van der Waals surface area (Å²) < 4.78 is 31.6. The molecule has 0 aromatic carbocycles. The van der Waals surface area contributed by atoms with Crippen molar-refractivity contribution in [3.8, 4) is 0 Å². The van der Waals surface area contributed by atoms with Crippen molar-refractivity contribution in [1.29, 1.82) is 0 Å². The van der Waals surface area contributed by atoms with Gasteiger partial charge < -0.3 is 20.5 Å². The number of nitro groups is 1. The smallest absolute Gasteiger partial charge is 0.356 e. The van der Waals surface area contributed by atoms with Gasteiger partial charge in [0.25, 0.3) is 5.91 Å². The lowest BCUT2D eigenvalue weighted by molar-refractivity contribution is -0.384. The third kappa shape index (κ3) is 2.60. The fraction of sp³-hybridized carbons (Fsp3) is 0.417. The van der Waals surface area contributed by atoms with Crippen LogP contribution >= 0.6 is 0 Å². The highest BCUT2D eigenvalue weighted by Crippen LogP contribution is 2.40. The second-order valence-corrected chi connectivity index (χ2v) is 5.11. The number of pyridine rings is 1. The van der Waals surface area contributed by atoms with Crippen LogP contribution in [0.3, 0.4) is 0 Å². The molecule has 0 atom stereocenters. The molecule has 12 heteroatoms. The maximum Gasteiger partial charge on any atom is 0.356 e. The lowest BCUT2D eigenvalue weighted by Crippen LogP contribution is -2.73. The van der Waals surface area contributed by atoms with E-state index in [0.717, 1.165) is 24.1 Å². The Morgan fingerprint density at radius 2 is 2.08 bits per heavy atom. The number of alkyl halides is 2. The number of aromatic nitrogens is 1. The van der Waals surface area contributed by atoms with Crippen LogP contribution in [-0.4, -0.2) is 58.6 Å². The Balaban J connectivity index is 2.35. The maximum absolute atomic E-state index is 13.6. The van der Waals surface area contributed by atoms with Crippen LogP contribution in [-0.2, 0) is 9.53 Å². The summed E-state index contributed by atoms with van der Waals surface area (Å²) in [6.45, 7) is -1.66. The van der Waals surface area contributed by atoms with Crippen molar-refractivity contribution in [3.05, 3.63) is 27.9 Å². The first-order chi connectivity index (χ1) is 11.0. The van der Waals surface area contributed by atoms with Gasteiger partial charge in [0.2, 0.25) is 5.82 Å². The van der Waals surface area contributed by atoms with E-state index < -0.39 is 52.9 Å². The molecule has 0 spiro atoms. The Morgan fingerprint density at radius 3 is 2.54 bits per heavy atom. The van der Waals surface area contributed by atoms with E-state index >= 15 is 0 Å². The third-order valence-electron chi connectivity index (χ3n) is 3.54. The lowest BCUT2D eigenvalue weighted by Gasteiger charge is -2.48. The van der Waals surface area contributed by atoms with Crippen LogP contribution in [0.4, 0.5) is 20.3 Å². The minimum Gasteiger partial charge on any atom is -0.464 e. The number of hydrogen-bond donors (Lipinski definition) is 2. The predicted octanol–water partition coefficient (Wildman–Crippen LogP) is -0.552. The Bertz CT molecular complexity index is 719. The first kappa shape index (κ1) is 17.5. The second kappa shape index (κ2) is 5.63. The highest BCUT2D eigenvalue weighted by atomic mass is 19.3. The molecule has 3 N–H and O–H groups in total. The number of carbonyl (C=O) groups excluding carboxylic acids is 2.